The lowest BCUT2D eigenvalue weighted by molar-refractivity contribution is -0.133. The molecule has 1 aliphatic carbocycles. The van der Waals surface area contributed by atoms with Crippen LogP contribution in [0.15, 0.2) is 0 Å². The first-order chi connectivity index (χ1) is 9.49. The highest BCUT2D eigenvalue weighted by Crippen LogP contribution is 2.17. The smallest absolute Gasteiger partial charge is 0.239 e. The van der Waals surface area contributed by atoms with Crippen LogP contribution in [-0.4, -0.2) is 47.9 Å². The van der Waals surface area contributed by atoms with Crippen molar-refractivity contribution in [2.75, 3.05) is 13.1 Å². The third-order valence-electron chi connectivity index (χ3n) is 4.04. The Labute approximate surface area is 122 Å². The van der Waals surface area contributed by atoms with Crippen LogP contribution in [0.3, 0.4) is 0 Å². The molecule has 0 aromatic heterocycles. The maximum absolute atomic E-state index is 12.1. The maximum Gasteiger partial charge on any atom is 0.239 e. The number of likely N-dealkylation sites (N-methyl/N-ethyl adjacent to an activating group) is 1. The molecular formula is C15H29N3O2. The normalized spacial score (nSPS) is 18.6. The molecule has 0 radical (unpaired) electrons. The van der Waals surface area contributed by atoms with E-state index in [1.807, 2.05) is 27.7 Å². The van der Waals surface area contributed by atoms with E-state index in [1.54, 1.807) is 4.90 Å². The van der Waals surface area contributed by atoms with Gasteiger partial charge in [-0.25, -0.2) is 0 Å². The van der Waals surface area contributed by atoms with Gasteiger partial charge >= 0.3 is 0 Å². The number of rotatable bonds is 7. The number of nitrogens with zero attached hydrogens (tertiary/aromatic N) is 1. The van der Waals surface area contributed by atoms with Crippen molar-refractivity contribution in [3.63, 3.8) is 0 Å². The zero-order valence-corrected chi connectivity index (χ0v) is 13.2. The highest BCUT2D eigenvalue weighted by Gasteiger charge is 2.24. The molecule has 1 saturated carbocycles. The van der Waals surface area contributed by atoms with Crippen molar-refractivity contribution in [3.05, 3.63) is 0 Å². The van der Waals surface area contributed by atoms with Gasteiger partial charge in [0.2, 0.25) is 11.8 Å². The first-order valence-corrected chi connectivity index (χ1v) is 7.84. The molecule has 5 heteroatoms. The van der Waals surface area contributed by atoms with E-state index in [0.29, 0.717) is 19.1 Å². The van der Waals surface area contributed by atoms with Crippen molar-refractivity contribution in [2.45, 2.75) is 71.5 Å². The number of carbonyl (C=O) groups excluding carboxylic acids is 2. The molecule has 2 atom stereocenters. The number of hydrogen-bond acceptors (Lipinski definition) is 3. The van der Waals surface area contributed by atoms with E-state index in [2.05, 4.69) is 10.6 Å². The molecule has 2 unspecified atom stereocenters. The Bertz CT molecular complexity index is 323. The molecule has 1 rings (SSSR count). The standard InChI is InChI=1S/C15H29N3O2/c1-5-18(6-2)15(20)12(4)16-11(3)14(19)17-13-9-7-8-10-13/h11-13,16H,5-10H2,1-4H3,(H,17,19). The summed E-state index contributed by atoms with van der Waals surface area (Å²) < 4.78 is 0. The van der Waals surface area contributed by atoms with Gasteiger partial charge in [0.1, 0.15) is 0 Å². The van der Waals surface area contributed by atoms with Crippen molar-refractivity contribution in [1.82, 2.24) is 15.5 Å². The quantitative estimate of drug-likeness (QED) is 0.740. The first kappa shape index (κ1) is 17.0. The Kier molecular flexibility index (Phi) is 6.99. The molecule has 0 aromatic rings. The van der Waals surface area contributed by atoms with Gasteiger partial charge in [0.05, 0.1) is 12.1 Å². The summed E-state index contributed by atoms with van der Waals surface area (Å²) in [4.78, 5) is 26.0. The van der Waals surface area contributed by atoms with Crippen molar-refractivity contribution >= 4 is 11.8 Å². The van der Waals surface area contributed by atoms with Crippen LogP contribution in [0.5, 0.6) is 0 Å². The SMILES string of the molecule is CCN(CC)C(=O)C(C)NC(C)C(=O)NC1CCCC1. The Morgan fingerprint density at radius 3 is 2.15 bits per heavy atom. The molecule has 2 N–H and O–H groups in total. The monoisotopic (exact) mass is 283 g/mol. The van der Waals surface area contributed by atoms with E-state index >= 15 is 0 Å². The summed E-state index contributed by atoms with van der Waals surface area (Å²) >= 11 is 0. The fourth-order valence-electron chi connectivity index (χ4n) is 2.73. The highest BCUT2D eigenvalue weighted by atomic mass is 16.2. The van der Waals surface area contributed by atoms with Gasteiger partial charge in [0.25, 0.3) is 0 Å². The van der Waals surface area contributed by atoms with Gasteiger partial charge in [-0.2, -0.15) is 0 Å². The van der Waals surface area contributed by atoms with Crippen molar-refractivity contribution in [1.29, 1.82) is 0 Å². The predicted octanol–water partition coefficient (Wildman–Crippen LogP) is 1.28. The molecule has 0 heterocycles. The fraction of sp³-hybridized carbons (Fsp3) is 0.867. The van der Waals surface area contributed by atoms with Gasteiger partial charge in [-0.3, -0.25) is 14.9 Å². The van der Waals surface area contributed by atoms with E-state index in [0.717, 1.165) is 12.8 Å². The summed E-state index contributed by atoms with van der Waals surface area (Å²) in [7, 11) is 0. The van der Waals surface area contributed by atoms with E-state index in [1.165, 1.54) is 12.8 Å². The average Bonchev–Trinajstić information content (AvgIpc) is 2.92. The average molecular weight is 283 g/mol. The molecule has 0 aliphatic heterocycles. The Morgan fingerprint density at radius 1 is 1.10 bits per heavy atom. The van der Waals surface area contributed by atoms with E-state index in [-0.39, 0.29) is 23.9 Å². The van der Waals surface area contributed by atoms with Crippen molar-refractivity contribution < 1.29 is 9.59 Å². The molecule has 20 heavy (non-hydrogen) atoms. The van der Waals surface area contributed by atoms with Crippen molar-refractivity contribution in [2.24, 2.45) is 0 Å². The summed E-state index contributed by atoms with van der Waals surface area (Å²) in [5, 5.41) is 6.15. The predicted molar refractivity (Wildman–Crippen MR) is 80.4 cm³/mol. The lowest BCUT2D eigenvalue weighted by Crippen LogP contribution is -2.53. The molecule has 1 fully saturated rings. The van der Waals surface area contributed by atoms with Gasteiger partial charge in [-0.15, -0.1) is 0 Å². The molecule has 116 valence electrons. The Morgan fingerprint density at radius 2 is 1.65 bits per heavy atom. The van der Waals surface area contributed by atoms with Gasteiger partial charge in [-0.1, -0.05) is 12.8 Å². The summed E-state index contributed by atoms with van der Waals surface area (Å²) in [5.41, 5.74) is 0. The number of nitrogens with one attached hydrogen (secondary N) is 2. The first-order valence-electron chi connectivity index (χ1n) is 7.84. The number of carbonyl (C=O) groups is 2. The largest absolute Gasteiger partial charge is 0.352 e. The summed E-state index contributed by atoms with van der Waals surface area (Å²) in [6.45, 7) is 8.96. The molecule has 0 bridgehead atoms. The summed E-state index contributed by atoms with van der Waals surface area (Å²) in [6, 6.07) is -0.357. The molecule has 5 nitrogen and oxygen atoms in total. The van der Waals surface area contributed by atoms with Crippen molar-refractivity contribution in [3.8, 4) is 0 Å². The van der Waals surface area contributed by atoms with E-state index < -0.39 is 0 Å². The molecule has 0 aromatic carbocycles. The lowest BCUT2D eigenvalue weighted by atomic mass is 10.2. The number of amides is 2. The minimum Gasteiger partial charge on any atom is -0.352 e. The van der Waals surface area contributed by atoms with Gasteiger partial charge in [-0.05, 0) is 40.5 Å². The summed E-state index contributed by atoms with van der Waals surface area (Å²) in [5.74, 6) is 0.0478. The molecule has 0 spiro atoms. The highest BCUT2D eigenvalue weighted by molar-refractivity contribution is 5.85. The minimum absolute atomic E-state index is 0.00361. The summed E-state index contributed by atoms with van der Waals surface area (Å²) in [6.07, 6.45) is 4.55. The van der Waals surface area contributed by atoms with Crippen LogP contribution in [0.1, 0.15) is 53.4 Å². The molecular weight excluding hydrogens is 254 g/mol. The van der Waals surface area contributed by atoms with E-state index in [4.69, 9.17) is 0 Å². The van der Waals surface area contributed by atoms with Crippen LogP contribution in [0, 0.1) is 0 Å². The zero-order chi connectivity index (χ0) is 15.1. The van der Waals surface area contributed by atoms with Gasteiger partial charge in [0, 0.05) is 19.1 Å². The van der Waals surface area contributed by atoms with Gasteiger partial charge in [0.15, 0.2) is 0 Å². The van der Waals surface area contributed by atoms with E-state index in [9.17, 15) is 9.59 Å². The Hall–Kier alpha value is -1.10. The lowest BCUT2D eigenvalue weighted by Gasteiger charge is -2.26. The molecule has 1 aliphatic rings. The van der Waals surface area contributed by atoms with Crippen LogP contribution >= 0.6 is 0 Å². The second-order valence-corrected chi connectivity index (χ2v) is 5.61. The maximum atomic E-state index is 12.1. The van der Waals surface area contributed by atoms with Crippen LogP contribution in [0.4, 0.5) is 0 Å². The zero-order valence-electron chi connectivity index (χ0n) is 13.2. The Balaban J connectivity index is 2.41. The third-order valence-corrected chi connectivity index (χ3v) is 4.04. The van der Waals surface area contributed by atoms with Crippen LogP contribution < -0.4 is 10.6 Å². The third kappa shape index (κ3) is 4.78. The van der Waals surface area contributed by atoms with Crippen LogP contribution in [0.2, 0.25) is 0 Å². The second kappa shape index (κ2) is 8.25. The number of hydrogen-bond donors (Lipinski definition) is 2. The molecule has 0 saturated heterocycles. The van der Waals surface area contributed by atoms with Crippen LogP contribution in [0.25, 0.3) is 0 Å². The minimum atomic E-state index is -0.342. The van der Waals surface area contributed by atoms with Crippen LogP contribution in [-0.2, 0) is 9.59 Å². The van der Waals surface area contributed by atoms with Gasteiger partial charge < -0.3 is 10.2 Å². The topological polar surface area (TPSA) is 61.4 Å². The fourth-order valence-corrected chi connectivity index (χ4v) is 2.73. The molecule has 2 amide bonds. The second-order valence-electron chi connectivity index (χ2n) is 5.61.